The fraction of sp³-hybridized carbons (Fsp3) is 0.200. The van der Waals surface area contributed by atoms with Crippen molar-refractivity contribution in [2.45, 2.75) is 38.9 Å². The van der Waals surface area contributed by atoms with Crippen molar-refractivity contribution in [1.29, 1.82) is 0 Å². The molecule has 0 aliphatic heterocycles. The summed E-state index contributed by atoms with van der Waals surface area (Å²) in [6, 6.07) is 36.0. The highest BCUT2D eigenvalue weighted by molar-refractivity contribution is 7.48. The summed E-state index contributed by atoms with van der Waals surface area (Å²) in [5, 5.41) is 12.1. The Labute approximate surface area is 199 Å². The van der Waals surface area contributed by atoms with E-state index in [4.69, 9.17) is 0 Å². The van der Waals surface area contributed by atoms with Crippen LogP contribution in [0.3, 0.4) is 0 Å². The highest BCUT2D eigenvalue weighted by atomic mass is 31.1. The maximum atomic E-state index is 10.9. The van der Waals surface area contributed by atoms with Gasteiger partial charge in [-0.2, -0.15) is 0 Å². The highest BCUT2D eigenvalue weighted by Gasteiger charge is 2.29. The molecule has 3 heteroatoms. The molecule has 0 aromatic heterocycles. The first kappa shape index (κ1) is 23.1. The molecule has 4 rings (SSSR count). The van der Waals surface area contributed by atoms with Crippen LogP contribution in [-0.2, 0) is 11.7 Å². The van der Waals surface area contributed by atoms with E-state index in [9.17, 15) is 5.11 Å². The second-order valence-corrected chi connectivity index (χ2v) is 10.6. The van der Waals surface area contributed by atoms with E-state index in [1.165, 1.54) is 22.2 Å². The molecule has 1 N–H and O–H groups in total. The van der Waals surface area contributed by atoms with Crippen LogP contribution in [0.15, 0.2) is 103 Å². The number of benzene rings is 4. The number of anilines is 2. The minimum absolute atomic E-state index is 0.128. The number of phenols is 1. The van der Waals surface area contributed by atoms with Crippen molar-refractivity contribution in [2.75, 3.05) is 4.90 Å². The van der Waals surface area contributed by atoms with Gasteiger partial charge in [0.05, 0.1) is 0 Å². The molecule has 0 aliphatic rings. The van der Waals surface area contributed by atoms with Gasteiger partial charge in [0.2, 0.25) is 0 Å². The summed E-state index contributed by atoms with van der Waals surface area (Å²) in [7, 11) is 0.546. The lowest BCUT2D eigenvalue weighted by atomic mass is 9.94. The molecule has 33 heavy (non-hydrogen) atoms. The van der Waals surface area contributed by atoms with Gasteiger partial charge in [-0.1, -0.05) is 101 Å². The third kappa shape index (κ3) is 5.13. The molecule has 0 fully saturated rings. The molecule has 2 atom stereocenters. The van der Waals surface area contributed by atoms with Gasteiger partial charge >= 0.3 is 0 Å². The van der Waals surface area contributed by atoms with E-state index in [1.54, 1.807) is 0 Å². The van der Waals surface area contributed by atoms with Crippen molar-refractivity contribution < 1.29 is 5.11 Å². The lowest BCUT2D eigenvalue weighted by molar-refractivity contribution is 0.452. The average molecular weight is 454 g/mol. The Bertz CT molecular complexity index is 1150. The van der Waals surface area contributed by atoms with Crippen LogP contribution in [0.1, 0.15) is 37.0 Å². The number of para-hydroxylation sites is 3. The summed E-state index contributed by atoms with van der Waals surface area (Å²) in [5.74, 6) is 0.432. The van der Waals surface area contributed by atoms with Crippen molar-refractivity contribution in [3.05, 3.63) is 120 Å². The maximum absolute atomic E-state index is 10.9. The van der Waals surface area contributed by atoms with Crippen molar-refractivity contribution in [3.8, 4) is 5.75 Å². The zero-order chi connectivity index (χ0) is 23.3. The molecule has 2 nitrogen and oxygen atoms in total. The van der Waals surface area contributed by atoms with Crippen LogP contribution in [-0.4, -0.2) is 5.11 Å². The SMILES string of the molecule is CCC(C)(Pc1ccccc1CN(c1ccccc1)c1ccccc1)c1cccc(C)c1O. The van der Waals surface area contributed by atoms with Crippen molar-refractivity contribution in [2.24, 2.45) is 0 Å². The topological polar surface area (TPSA) is 23.5 Å². The number of rotatable bonds is 8. The summed E-state index contributed by atoms with van der Waals surface area (Å²) in [6.07, 6.45) is 0.956. The van der Waals surface area contributed by atoms with E-state index in [2.05, 4.69) is 116 Å². The van der Waals surface area contributed by atoms with Gasteiger partial charge in [0, 0.05) is 28.6 Å². The van der Waals surface area contributed by atoms with Gasteiger partial charge in [-0.25, -0.2) is 0 Å². The molecule has 0 amide bonds. The summed E-state index contributed by atoms with van der Waals surface area (Å²) >= 11 is 0. The van der Waals surface area contributed by atoms with Gasteiger partial charge in [0.1, 0.15) is 5.75 Å². The first-order valence-corrected chi connectivity index (χ1v) is 12.5. The second-order valence-electron chi connectivity index (χ2n) is 8.70. The third-order valence-electron chi connectivity index (χ3n) is 6.43. The Balaban J connectivity index is 1.71. The first-order valence-electron chi connectivity index (χ1n) is 11.5. The van der Waals surface area contributed by atoms with Crippen LogP contribution in [0.2, 0.25) is 0 Å². The fourth-order valence-corrected chi connectivity index (χ4v) is 5.86. The van der Waals surface area contributed by atoms with Crippen LogP contribution >= 0.6 is 8.58 Å². The molecule has 0 radical (unpaired) electrons. The van der Waals surface area contributed by atoms with Crippen molar-refractivity contribution in [1.82, 2.24) is 0 Å². The molecule has 0 bridgehead atoms. The molecule has 0 aliphatic carbocycles. The smallest absolute Gasteiger partial charge is 0.122 e. The monoisotopic (exact) mass is 453 g/mol. The Morgan fingerprint density at radius 3 is 1.94 bits per heavy atom. The molecular weight excluding hydrogens is 421 g/mol. The van der Waals surface area contributed by atoms with Crippen LogP contribution in [0.4, 0.5) is 11.4 Å². The van der Waals surface area contributed by atoms with Crippen molar-refractivity contribution in [3.63, 3.8) is 0 Å². The number of nitrogens with zero attached hydrogens (tertiary/aromatic N) is 1. The van der Waals surface area contributed by atoms with Crippen LogP contribution in [0.5, 0.6) is 5.75 Å². The minimum Gasteiger partial charge on any atom is -0.507 e. The standard InChI is InChI=1S/C30H32NOP/c1-4-30(3,27-20-13-14-23(2)29(27)32)33-28-21-12-11-15-24(28)22-31(25-16-7-5-8-17-25)26-18-9-6-10-19-26/h5-21,32-33H,4,22H2,1-3H3. The van der Waals surface area contributed by atoms with Crippen LogP contribution in [0, 0.1) is 6.92 Å². The number of aromatic hydroxyl groups is 1. The predicted octanol–water partition coefficient (Wildman–Crippen LogP) is 7.67. The van der Waals surface area contributed by atoms with E-state index in [0.29, 0.717) is 14.3 Å². The van der Waals surface area contributed by atoms with E-state index in [0.717, 1.165) is 24.1 Å². The molecule has 4 aromatic carbocycles. The van der Waals surface area contributed by atoms with E-state index in [-0.39, 0.29) is 5.16 Å². The zero-order valence-electron chi connectivity index (χ0n) is 19.6. The average Bonchev–Trinajstić information content (AvgIpc) is 2.86. The largest absolute Gasteiger partial charge is 0.507 e. The maximum Gasteiger partial charge on any atom is 0.122 e. The third-order valence-corrected chi connectivity index (χ3v) is 8.36. The number of aryl methyl sites for hydroxylation is 1. The number of hydrogen-bond donors (Lipinski definition) is 1. The van der Waals surface area contributed by atoms with Crippen LogP contribution < -0.4 is 10.2 Å². The predicted molar refractivity (Wildman–Crippen MR) is 144 cm³/mol. The molecule has 0 spiro atoms. The van der Waals surface area contributed by atoms with Gasteiger partial charge in [0.25, 0.3) is 0 Å². The lowest BCUT2D eigenvalue weighted by Gasteiger charge is -2.32. The highest BCUT2D eigenvalue weighted by Crippen LogP contribution is 2.48. The summed E-state index contributed by atoms with van der Waals surface area (Å²) in [4.78, 5) is 2.37. The van der Waals surface area contributed by atoms with E-state index < -0.39 is 0 Å². The Kier molecular flexibility index (Phi) is 7.16. The fourth-order valence-electron chi connectivity index (χ4n) is 4.25. The molecule has 4 aromatic rings. The summed E-state index contributed by atoms with van der Waals surface area (Å²) < 4.78 is 0. The second kappa shape index (κ2) is 10.2. The van der Waals surface area contributed by atoms with E-state index >= 15 is 0 Å². The molecular formula is C30H32NOP. The molecule has 168 valence electrons. The summed E-state index contributed by atoms with van der Waals surface area (Å²) in [6.45, 7) is 7.26. The van der Waals surface area contributed by atoms with Gasteiger partial charge in [0.15, 0.2) is 0 Å². The molecule has 0 heterocycles. The minimum atomic E-state index is -0.128. The molecule has 0 saturated carbocycles. The number of phenolic OH excluding ortho intramolecular Hbond substituents is 1. The van der Waals surface area contributed by atoms with Gasteiger partial charge in [-0.3, -0.25) is 0 Å². The number of hydrogen-bond acceptors (Lipinski definition) is 2. The quantitative estimate of drug-likeness (QED) is 0.277. The van der Waals surface area contributed by atoms with Gasteiger partial charge in [-0.05, 0) is 54.0 Å². The molecule has 0 saturated heterocycles. The van der Waals surface area contributed by atoms with Crippen LogP contribution in [0.25, 0.3) is 0 Å². The van der Waals surface area contributed by atoms with Gasteiger partial charge in [-0.15, -0.1) is 0 Å². The van der Waals surface area contributed by atoms with Crippen molar-refractivity contribution >= 4 is 25.3 Å². The lowest BCUT2D eigenvalue weighted by Crippen LogP contribution is -2.24. The molecule has 2 unspecified atom stereocenters. The Morgan fingerprint density at radius 1 is 0.758 bits per heavy atom. The van der Waals surface area contributed by atoms with Gasteiger partial charge < -0.3 is 10.0 Å². The summed E-state index contributed by atoms with van der Waals surface area (Å²) in [5.41, 5.74) is 5.65. The Hall–Kier alpha value is -3.09. The Morgan fingerprint density at radius 2 is 1.33 bits per heavy atom. The van der Waals surface area contributed by atoms with E-state index in [1.807, 2.05) is 13.0 Å². The first-order chi connectivity index (χ1) is 16.0. The zero-order valence-corrected chi connectivity index (χ0v) is 20.6. The normalized spacial score (nSPS) is 13.2.